The predicted molar refractivity (Wildman–Crippen MR) is 58.5 cm³/mol. The normalized spacial score (nSPS) is 10.6. The smallest absolute Gasteiger partial charge is 0.198 e. The van der Waals surface area contributed by atoms with Gasteiger partial charge in [-0.2, -0.15) is 0 Å². The third kappa shape index (κ3) is 2.46. The van der Waals surface area contributed by atoms with E-state index in [1.807, 2.05) is 0 Å². The van der Waals surface area contributed by atoms with Crippen LogP contribution in [0.4, 0.5) is 4.39 Å². The van der Waals surface area contributed by atoms with E-state index in [9.17, 15) is 4.39 Å². The molecule has 0 fully saturated rings. The molecule has 0 amide bonds. The lowest BCUT2D eigenvalue weighted by atomic mass is 10.1. The summed E-state index contributed by atoms with van der Waals surface area (Å²) in [6.07, 6.45) is 2.63. The van der Waals surface area contributed by atoms with Crippen LogP contribution in [-0.2, 0) is 12.8 Å². The number of hydrogen-bond donors (Lipinski definition) is 1. The highest BCUT2D eigenvalue weighted by atomic mass is 19.1. The van der Waals surface area contributed by atoms with E-state index in [0.29, 0.717) is 30.8 Å². The van der Waals surface area contributed by atoms with Gasteiger partial charge in [0, 0.05) is 6.42 Å². The molecule has 2 N–H and O–H groups in total. The van der Waals surface area contributed by atoms with Gasteiger partial charge in [-0.3, -0.25) is 0 Å². The average Bonchev–Trinajstić information content (AvgIpc) is 2.70. The number of nitrogens with two attached hydrogens (primary N) is 1. The van der Waals surface area contributed by atoms with Crippen LogP contribution < -0.4 is 5.73 Å². The molecule has 84 valence electrons. The summed E-state index contributed by atoms with van der Waals surface area (Å²) in [5, 5.41) is 0. The van der Waals surface area contributed by atoms with Gasteiger partial charge in [0.2, 0.25) is 0 Å². The third-order valence-corrected chi connectivity index (χ3v) is 2.30. The molecular formula is C12H13FN2O. The predicted octanol–water partition coefficient (Wildman–Crippen LogP) is 1.91. The van der Waals surface area contributed by atoms with Gasteiger partial charge in [-0.05, 0) is 18.2 Å². The molecule has 0 atom stereocenters. The second-order valence-electron chi connectivity index (χ2n) is 3.54. The fraction of sp³-hybridized carbons (Fsp3) is 0.250. The first-order chi connectivity index (χ1) is 7.79. The van der Waals surface area contributed by atoms with Crippen molar-refractivity contribution >= 4 is 0 Å². The number of oxazole rings is 1. The molecule has 0 spiro atoms. The van der Waals surface area contributed by atoms with Crippen molar-refractivity contribution in [2.24, 2.45) is 5.73 Å². The molecule has 0 saturated carbocycles. The summed E-state index contributed by atoms with van der Waals surface area (Å²) in [4.78, 5) is 4.22. The molecule has 16 heavy (non-hydrogen) atoms. The summed E-state index contributed by atoms with van der Waals surface area (Å²) in [6, 6.07) is 6.61. The molecular weight excluding hydrogens is 207 g/mol. The van der Waals surface area contributed by atoms with Crippen molar-refractivity contribution in [2.45, 2.75) is 12.8 Å². The van der Waals surface area contributed by atoms with E-state index in [4.69, 9.17) is 10.2 Å². The molecule has 0 radical (unpaired) electrons. The molecule has 0 unspecified atom stereocenters. The molecule has 1 aromatic heterocycles. The van der Waals surface area contributed by atoms with Gasteiger partial charge >= 0.3 is 0 Å². The van der Waals surface area contributed by atoms with Crippen LogP contribution in [0.15, 0.2) is 34.9 Å². The largest absolute Gasteiger partial charge is 0.448 e. The standard InChI is InChI=1S/C12H13FN2O/c13-11-4-2-1-3-9(11)7-12-15-10(5-6-14)8-16-12/h1-4,8H,5-7,14H2. The summed E-state index contributed by atoms with van der Waals surface area (Å²) in [6.45, 7) is 0.533. The summed E-state index contributed by atoms with van der Waals surface area (Å²) in [5.74, 6) is 0.287. The summed E-state index contributed by atoms with van der Waals surface area (Å²) < 4.78 is 18.6. The van der Waals surface area contributed by atoms with E-state index in [-0.39, 0.29) is 5.82 Å². The van der Waals surface area contributed by atoms with Gasteiger partial charge in [-0.1, -0.05) is 18.2 Å². The Balaban J connectivity index is 2.11. The van der Waals surface area contributed by atoms with Gasteiger partial charge in [0.15, 0.2) is 5.89 Å². The molecule has 2 aromatic rings. The first-order valence-corrected chi connectivity index (χ1v) is 5.16. The van der Waals surface area contributed by atoms with Crippen molar-refractivity contribution in [3.63, 3.8) is 0 Å². The maximum absolute atomic E-state index is 13.3. The minimum Gasteiger partial charge on any atom is -0.448 e. The van der Waals surface area contributed by atoms with E-state index in [1.54, 1.807) is 24.5 Å². The van der Waals surface area contributed by atoms with E-state index in [2.05, 4.69) is 4.98 Å². The van der Waals surface area contributed by atoms with Crippen molar-refractivity contribution in [3.8, 4) is 0 Å². The molecule has 2 rings (SSSR count). The molecule has 0 bridgehead atoms. The molecule has 0 aliphatic heterocycles. The van der Waals surface area contributed by atoms with Crippen molar-refractivity contribution < 1.29 is 8.81 Å². The number of halogens is 1. The average molecular weight is 220 g/mol. The van der Waals surface area contributed by atoms with E-state index >= 15 is 0 Å². The Bertz CT molecular complexity index is 468. The zero-order valence-electron chi connectivity index (χ0n) is 8.82. The van der Waals surface area contributed by atoms with E-state index in [1.165, 1.54) is 6.07 Å². The highest BCUT2D eigenvalue weighted by Gasteiger charge is 2.07. The Kier molecular flexibility index (Phi) is 3.31. The quantitative estimate of drug-likeness (QED) is 0.856. The Hall–Kier alpha value is -1.68. The number of nitrogens with zero attached hydrogens (tertiary/aromatic N) is 1. The minimum absolute atomic E-state index is 0.235. The van der Waals surface area contributed by atoms with Crippen molar-refractivity contribution in [1.82, 2.24) is 4.98 Å². The fourth-order valence-electron chi connectivity index (χ4n) is 1.50. The Morgan fingerprint density at radius 3 is 2.88 bits per heavy atom. The number of rotatable bonds is 4. The molecule has 0 aliphatic carbocycles. The maximum Gasteiger partial charge on any atom is 0.198 e. The van der Waals surface area contributed by atoms with Gasteiger partial charge in [0.05, 0.1) is 12.1 Å². The van der Waals surface area contributed by atoms with Crippen LogP contribution in [0, 0.1) is 5.82 Å². The molecule has 4 heteroatoms. The van der Waals surface area contributed by atoms with Gasteiger partial charge < -0.3 is 10.2 Å². The highest BCUT2D eigenvalue weighted by molar-refractivity contribution is 5.20. The van der Waals surface area contributed by atoms with Crippen LogP contribution in [-0.4, -0.2) is 11.5 Å². The first-order valence-electron chi connectivity index (χ1n) is 5.16. The highest BCUT2D eigenvalue weighted by Crippen LogP contribution is 2.12. The number of benzene rings is 1. The fourth-order valence-corrected chi connectivity index (χ4v) is 1.50. The van der Waals surface area contributed by atoms with Crippen LogP contribution in [0.25, 0.3) is 0 Å². The van der Waals surface area contributed by atoms with E-state index in [0.717, 1.165) is 5.69 Å². The zero-order valence-corrected chi connectivity index (χ0v) is 8.82. The van der Waals surface area contributed by atoms with Gasteiger partial charge in [-0.25, -0.2) is 9.37 Å². The summed E-state index contributed by atoms with van der Waals surface area (Å²) in [7, 11) is 0. The van der Waals surface area contributed by atoms with Crippen molar-refractivity contribution in [1.29, 1.82) is 0 Å². The lowest BCUT2D eigenvalue weighted by molar-refractivity contribution is 0.500. The maximum atomic E-state index is 13.3. The SMILES string of the molecule is NCCc1coc(Cc2ccccc2F)n1. The Labute approximate surface area is 93.1 Å². The van der Waals surface area contributed by atoms with Gasteiger partial charge in [0.1, 0.15) is 12.1 Å². The number of aromatic nitrogens is 1. The van der Waals surface area contributed by atoms with E-state index < -0.39 is 0 Å². The molecule has 1 aromatic carbocycles. The molecule has 3 nitrogen and oxygen atoms in total. The van der Waals surface area contributed by atoms with Crippen LogP contribution in [0.2, 0.25) is 0 Å². The lowest BCUT2D eigenvalue weighted by Gasteiger charge is -1.98. The van der Waals surface area contributed by atoms with Gasteiger partial charge in [0.25, 0.3) is 0 Å². The number of hydrogen-bond acceptors (Lipinski definition) is 3. The summed E-state index contributed by atoms with van der Waals surface area (Å²) in [5.41, 5.74) is 6.81. The van der Waals surface area contributed by atoms with Crippen molar-refractivity contribution in [2.75, 3.05) is 6.54 Å². The second-order valence-corrected chi connectivity index (χ2v) is 3.54. The van der Waals surface area contributed by atoms with Gasteiger partial charge in [-0.15, -0.1) is 0 Å². The minimum atomic E-state index is -0.235. The third-order valence-electron chi connectivity index (χ3n) is 2.30. The zero-order chi connectivity index (χ0) is 11.4. The van der Waals surface area contributed by atoms with Crippen LogP contribution in [0.1, 0.15) is 17.1 Å². The van der Waals surface area contributed by atoms with Crippen LogP contribution in [0.3, 0.4) is 0 Å². The Morgan fingerprint density at radius 1 is 1.31 bits per heavy atom. The monoisotopic (exact) mass is 220 g/mol. The second kappa shape index (κ2) is 4.90. The van der Waals surface area contributed by atoms with Crippen LogP contribution in [0.5, 0.6) is 0 Å². The first kappa shape index (κ1) is 10.8. The topological polar surface area (TPSA) is 52.0 Å². The van der Waals surface area contributed by atoms with Crippen LogP contribution >= 0.6 is 0 Å². The molecule has 1 heterocycles. The molecule has 0 aliphatic rings. The lowest BCUT2D eigenvalue weighted by Crippen LogP contribution is -2.03. The van der Waals surface area contributed by atoms with Crippen molar-refractivity contribution in [3.05, 3.63) is 53.5 Å². The molecule has 0 saturated heterocycles. The Morgan fingerprint density at radius 2 is 2.12 bits per heavy atom. The summed E-state index contributed by atoms with van der Waals surface area (Å²) >= 11 is 0.